The third-order valence-corrected chi connectivity index (χ3v) is 3.59. The SMILES string of the molecule is CC(C)CNCCCN1CCCC(N(C)C)C1. The lowest BCUT2D eigenvalue weighted by atomic mass is 10.0. The van der Waals surface area contributed by atoms with Crippen molar-refractivity contribution >= 4 is 0 Å². The van der Waals surface area contributed by atoms with Gasteiger partial charge in [0.2, 0.25) is 0 Å². The summed E-state index contributed by atoms with van der Waals surface area (Å²) in [5.74, 6) is 0.767. The minimum Gasteiger partial charge on any atom is -0.316 e. The molecule has 1 saturated heterocycles. The number of rotatable bonds is 7. The second-order valence-corrected chi connectivity index (χ2v) is 6.01. The predicted molar refractivity (Wildman–Crippen MR) is 75.5 cm³/mol. The van der Waals surface area contributed by atoms with Crippen molar-refractivity contribution in [3.63, 3.8) is 0 Å². The predicted octanol–water partition coefficient (Wildman–Crippen LogP) is 1.65. The zero-order valence-corrected chi connectivity index (χ0v) is 12.2. The summed E-state index contributed by atoms with van der Waals surface area (Å²) in [5, 5.41) is 3.52. The Balaban J connectivity index is 2.06. The lowest BCUT2D eigenvalue weighted by Gasteiger charge is -2.36. The monoisotopic (exact) mass is 241 g/mol. The van der Waals surface area contributed by atoms with Crippen molar-refractivity contribution in [1.29, 1.82) is 0 Å². The van der Waals surface area contributed by atoms with Gasteiger partial charge in [0, 0.05) is 12.6 Å². The van der Waals surface area contributed by atoms with E-state index in [1.807, 2.05) is 0 Å². The summed E-state index contributed by atoms with van der Waals surface area (Å²) in [6, 6.07) is 0.771. The van der Waals surface area contributed by atoms with E-state index in [2.05, 4.69) is 43.1 Å². The van der Waals surface area contributed by atoms with Gasteiger partial charge in [-0.2, -0.15) is 0 Å². The molecule has 0 radical (unpaired) electrons. The Kier molecular flexibility index (Phi) is 7.09. The first-order chi connectivity index (χ1) is 8.09. The Morgan fingerprint density at radius 3 is 2.76 bits per heavy atom. The maximum atomic E-state index is 3.52. The van der Waals surface area contributed by atoms with E-state index < -0.39 is 0 Å². The van der Waals surface area contributed by atoms with Gasteiger partial charge in [0.05, 0.1) is 0 Å². The molecule has 0 saturated carbocycles. The van der Waals surface area contributed by atoms with Crippen molar-refractivity contribution in [2.45, 2.75) is 39.2 Å². The first kappa shape index (κ1) is 14.9. The first-order valence-electron chi connectivity index (χ1n) is 7.19. The van der Waals surface area contributed by atoms with Gasteiger partial charge in [0.15, 0.2) is 0 Å². The zero-order valence-electron chi connectivity index (χ0n) is 12.2. The van der Waals surface area contributed by atoms with Crippen LogP contribution in [0.15, 0.2) is 0 Å². The highest BCUT2D eigenvalue weighted by atomic mass is 15.2. The van der Waals surface area contributed by atoms with Crippen molar-refractivity contribution in [3.8, 4) is 0 Å². The molecule has 1 atom stereocenters. The van der Waals surface area contributed by atoms with Crippen LogP contribution in [0.5, 0.6) is 0 Å². The van der Waals surface area contributed by atoms with Gasteiger partial charge in [-0.3, -0.25) is 0 Å². The maximum absolute atomic E-state index is 3.52. The minimum absolute atomic E-state index is 0.767. The molecule has 0 amide bonds. The van der Waals surface area contributed by atoms with E-state index in [-0.39, 0.29) is 0 Å². The number of hydrogen-bond donors (Lipinski definition) is 1. The Morgan fingerprint density at radius 2 is 2.12 bits per heavy atom. The second kappa shape index (κ2) is 8.06. The second-order valence-electron chi connectivity index (χ2n) is 6.01. The molecule has 1 fully saturated rings. The van der Waals surface area contributed by atoms with Gasteiger partial charge in [-0.1, -0.05) is 13.8 Å². The number of likely N-dealkylation sites (tertiary alicyclic amines) is 1. The van der Waals surface area contributed by atoms with Crippen LogP contribution < -0.4 is 5.32 Å². The zero-order chi connectivity index (χ0) is 12.7. The molecular formula is C14H31N3. The van der Waals surface area contributed by atoms with E-state index in [1.54, 1.807) is 0 Å². The summed E-state index contributed by atoms with van der Waals surface area (Å²) in [5.41, 5.74) is 0. The molecule has 0 aliphatic carbocycles. The number of likely N-dealkylation sites (N-methyl/N-ethyl adjacent to an activating group) is 1. The Bertz CT molecular complexity index is 192. The molecule has 17 heavy (non-hydrogen) atoms. The van der Waals surface area contributed by atoms with E-state index in [1.165, 1.54) is 45.4 Å². The van der Waals surface area contributed by atoms with E-state index in [4.69, 9.17) is 0 Å². The minimum atomic E-state index is 0.767. The molecule has 0 aromatic rings. The average molecular weight is 241 g/mol. The van der Waals surface area contributed by atoms with Crippen molar-refractivity contribution < 1.29 is 0 Å². The highest BCUT2D eigenvalue weighted by Crippen LogP contribution is 2.13. The largest absolute Gasteiger partial charge is 0.316 e. The van der Waals surface area contributed by atoms with Gasteiger partial charge < -0.3 is 15.1 Å². The fourth-order valence-corrected chi connectivity index (χ4v) is 2.47. The summed E-state index contributed by atoms with van der Waals surface area (Å²) in [7, 11) is 4.41. The molecule has 0 spiro atoms. The fourth-order valence-electron chi connectivity index (χ4n) is 2.47. The molecule has 0 aromatic heterocycles. The molecule has 3 nitrogen and oxygen atoms in total. The summed E-state index contributed by atoms with van der Waals surface area (Å²) in [4.78, 5) is 5.01. The van der Waals surface area contributed by atoms with E-state index >= 15 is 0 Å². The Labute approximate surface area is 108 Å². The molecule has 0 aromatic carbocycles. The summed E-state index contributed by atoms with van der Waals surface area (Å²) in [6.45, 7) is 10.7. The Morgan fingerprint density at radius 1 is 1.35 bits per heavy atom. The number of piperidine rings is 1. The first-order valence-corrected chi connectivity index (χ1v) is 7.19. The molecule has 1 rings (SSSR count). The molecule has 1 N–H and O–H groups in total. The third-order valence-electron chi connectivity index (χ3n) is 3.59. The normalized spacial score (nSPS) is 22.6. The lowest BCUT2D eigenvalue weighted by Crippen LogP contribution is -2.45. The van der Waals surface area contributed by atoms with Crippen LogP contribution in [0, 0.1) is 5.92 Å². The molecule has 1 aliphatic heterocycles. The number of nitrogens with zero attached hydrogens (tertiary/aromatic N) is 2. The Hall–Kier alpha value is -0.120. The van der Waals surface area contributed by atoms with E-state index in [9.17, 15) is 0 Å². The molecule has 1 heterocycles. The van der Waals surface area contributed by atoms with Crippen LogP contribution in [0.2, 0.25) is 0 Å². The molecule has 102 valence electrons. The van der Waals surface area contributed by atoms with Gasteiger partial charge >= 0.3 is 0 Å². The number of hydrogen-bond acceptors (Lipinski definition) is 3. The molecule has 1 unspecified atom stereocenters. The van der Waals surface area contributed by atoms with Crippen LogP contribution in [0.25, 0.3) is 0 Å². The van der Waals surface area contributed by atoms with Crippen LogP contribution in [0.1, 0.15) is 33.1 Å². The van der Waals surface area contributed by atoms with Gasteiger partial charge in [-0.05, 0) is 65.5 Å². The van der Waals surface area contributed by atoms with Crippen LogP contribution >= 0.6 is 0 Å². The fraction of sp³-hybridized carbons (Fsp3) is 1.00. The summed E-state index contributed by atoms with van der Waals surface area (Å²) in [6.07, 6.45) is 4.02. The van der Waals surface area contributed by atoms with Crippen LogP contribution in [-0.2, 0) is 0 Å². The topological polar surface area (TPSA) is 18.5 Å². The standard InChI is InChI=1S/C14H31N3/c1-13(2)11-15-8-6-10-17-9-5-7-14(12-17)16(3)4/h13-15H,5-12H2,1-4H3. The van der Waals surface area contributed by atoms with Crippen LogP contribution in [-0.4, -0.2) is 62.7 Å². The molecule has 3 heteroatoms. The van der Waals surface area contributed by atoms with Crippen LogP contribution in [0.3, 0.4) is 0 Å². The van der Waals surface area contributed by atoms with Gasteiger partial charge in [0.1, 0.15) is 0 Å². The van der Waals surface area contributed by atoms with Crippen molar-refractivity contribution in [3.05, 3.63) is 0 Å². The average Bonchev–Trinajstić information content (AvgIpc) is 2.28. The van der Waals surface area contributed by atoms with Gasteiger partial charge in [-0.15, -0.1) is 0 Å². The number of nitrogens with one attached hydrogen (secondary N) is 1. The van der Waals surface area contributed by atoms with E-state index in [0.29, 0.717) is 0 Å². The smallest absolute Gasteiger partial charge is 0.0217 e. The van der Waals surface area contributed by atoms with Crippen molar-refractivity contribution in [2.75, 3.05) is 46.8 Å². The third kappa shape index (κ3) is 6.39. The lowest BCUT2D eigenvalue weighted by molar-refractivity contribution is 0.132. The highest BCUT2D eigenvalue weighted by Gasteiger charge is 2.20. The van der Waals surface area contributed by atoms with Crippen LogP contribution in [0.4, 0.5) is 0 Å². The summed E-state index contributed by atoms with van der Waals surface area (Å²) >= 11 is 0. The highest BCUT2D eigenvalue weighted by molar-refractivity contribution is 4.77. The van der Waals surface area contributed by atoms with E-state index in [0.717, 1.165) is 18.5 Å². The molecule has 1 aliphatic rings. The van der Waals surface area contributed by atoms with Crippen molar-refractivity contribution in [1.82, 2.24) is 15.1 Å². The van der Waals surface area contributed by atoms with Gasteiger partial charge in [-0.25, -0.2) is 0 Å². The van der Waals surface area contributed by atoms with Gasteiger partial charge in [0.25, 0.3) is 0 Å². The van der Waals surface area contributed by atoms with Crippen molar-refractivity contribution in [2.24, 2.45) is 5.92 Å². The maximum Gasteiger partial charge on any atom is 0.0217 e. The molecular weight excluding hydrogens is 210 g/mol. The summed E-state index contributed by atoms with van der Waals surface area (Å²) < 4.78 is 0. The quantitative estimate of drug-likeness (QED) is 0.684. The molecule has 0 bridgehead atoms.